The summed E-state index contributed by atoms with van der Waals surface area (Å²) in [5, 5.41) is 9.29. The van der Waals surface area contributed by atoms with Crippen LogP contribution in [-0.4, -0.2) is 21.2 Å². The Morgan fingerprint density at radius 2 is 2.29 bits per heavy atom. The molecule has 2 rings (SSSR count). The van der Waals surface area contributed by atoms with Crippen LogP contribution >= 0.6 is 0 Å². The van der Waals surface area contributed by atoms with E-state index in [4.69, 9.17) is 5.73 Å². The number of imidazole rings is 1. The molecule has 0 saturated heterocycles. The van der Waals surface area contributed by atoms with E-state index in [9.17, 15) is 5.11 Å². The number of aromatic hydroxyl groups is 1. The maximum absolute atomic E-state index is 9.29. The van der Waals surface area contributed by atoms with Gasteiger partial charge in [0.2, 0.25) is 0 Å². The Balaban J connectivity index is 2.61. The van der Waals surface area contributed by atoms with Crippen molar-refractivity contribution in [2.24, 2.45) is 12.8 Å². The Hall–Kier alpha value is -1.55. The number of hydrogen-bond donors (Lipinski definition) is 2. The Kier molecular flexibility index (Phi) is 2.13. The van der Waals surface area contributed by atoms with Crippen molar-refractivity contribution >= 4 is 11.0 Å². The minimum absolute atomic E-state index is 0.245. The van der Waals surface area contributed by atoms with Gasteiger partial charge in [-0.3, -0.25) is 0 Å². The maximum atomic E-state index is 9.29. The first-order chi connectivity index (χ1) is 6.72. The smallest absolute Gasteiger partial charge is 0.117 e. The molecule has 0 aliphatic carbocycles. The van der Waals surface area contributed by atoms with E-state index in [0.29, 0.717) is 6.54 Å². The standard InChI is InChI=1S/C10H13N3O/c1-13-9-3-2-7(14)6-8(9)12-10(13)4-5-11/h2-3,6,14H,4-5,11H2,1H3. The van der Waals surface area contributed by atoms with Crippen molar-refractivity contribution in [3.63, 3.8) is 0 Å². The van der Waals surface area contributed by atoms with E-state index in [-0.39, 0.29) is 5.75 Å². The Morgan fingerprint density at radius 3 is 3.00 bits per heavy atom. The molecule has 2 aromatic rings. The largest absolute Gasteiger partial charge is 0.508 e. The number of phenols is 1. The van der Waals surface area contributed by atoms with Crippen LogP contribution in [0.5, 0.6) is 5.75 Å². The predicted molar refractivity (Wildman–Crippen MR) is 55.1 cm³/mol. The van der Waals surface area contributed by atoms with Crippen LogP contribution in [0.15, 0.2) is 18.2 Å². The Morgan fingerprint density at radius 1 is 1.50 bits per heavy atom. The summed E-state index contributed by atoms with van der Waals surface area (Å²) in [6.45, 7) is 0.586. The fourth-order valence-corrected chi connectivity index (χ4v) is 1.59. The highest BCUT2D eigenvalue weighted by Gasteiger charge is 2.06. The van der Waals surface area contributed by atoms with Gasteiger partial charge in [0, 0.05) is 19.5 Å². The zero-order valence-electron chi connectivity index (χ0n) is 8.07. The molecular formula is C10H13N3O. The molecule has 0 radical (unpaired) electrons. The maximum Gasteiger partial charge on any atom is 0.117 e. The molecule has 3 N–H and O–H groups in total. The molecule has 1 heterocycles. The topological polar surface area (TPSA) is 64.1 Å². The first-order valence-electron chi connectivity index (χ1n) is 4.57. The number of aromatic nitrogens is 2. The third kappa shape index (κ3) is 1.33. The van der Waals surface area contributed by atoms with Crippen molar-refractivity contribution in [1.82, 2.24) is 9.55 Å². The van der Waals surface area contributed by atoms with E-state index in [0.717, 1.165) is 23.3 Å². The first kappa shape index (κ1) is 9.02. The lowest BCUT2D eigenvalue weighted by atomic mass is 10.3. The summed E-state index contributed by atoms with van der Waals surface area (Å²) in [4.78, 5) is 4.39. The third-order valence-corrected chi connectivity index (χ3v) is 2.32. The molecule has 0 spiro atoms. The van der Waals surface area contributed by atoms with Gasteiger partial charge in [-0.25, -0.2) is 4.98 Å². The number of hydrogen-bond acceptors (Lipinski definition) is 3. The van der Waals surface area contributed by atoms with E-state index in [2.05, 4.69) is 4.98 Å². The molecule has 0 saturated carbocycles. The molecule has 0 unspecified atom stereocenters. The molecular weight excluding hydrogens is 178 g/mol. The third-order valence-electron chi connectivity index (χ3n) is 2.32. The SMILES string of the molecule is Cn1c(CCN)nc2cc(O)ccc21. The summed E-state index contributed by atoms with van der Waals surface area (Å²) in [7, 11) is 1.96. The van der Waals surface area contributed by atoms with Crippen LogP contribution in [0.2, 0.25) is 0 Å². The van der Waals surface area contributed by atoms with Crippen LogP contribution in [0.1, 0.15) is 5.82 Å². The molecule has 1 aromatic carbocycles. The van der Waals surface area contributed by atoms with E-state index in [1.807, 2.05) is 17.7 Å². The van der Waals surface area contributed by atoms with Gasteiger partial charge in [-0.1, -0.05) is 0 Å². The number of nitrogens with two attached hydrogens (primary N) is 1. The van der Waals surface area contributed by atoms with E-state index in [1.54, 1.807) is 12.1 Å². The molecule has 0 atom stereocenters. The highest BCUT2D eigenvalue weighted by molar-refractivity contribution is 5.77. The van der Waals surface area contributed by atoms with Gasteiger partial charge in [0.05, 0.1) is 11.0 Å². The average molecular weight is 191 g/mol. The lowest BCUT2D eigenvalue weighted by Gasteiger charge is -1.99. The molecule has 0 amide bonds. The van der Waals surface area contributed by atoms with Crippen molar-refractivity contribution < 1.29 is 5.11 Å². The monoisotopic (exact) mass is 191 g/mol. The first-order valence-corrected chi connectivity index (χ1v) is 4.57. The minimum atomic E-state index is 0.245. The van der Waals surface area contributed by atoms with Gasteiger partial charge < -0.3 is 15.4 Å². The fourth-order valence-electron chi connectivity index (χ4n) is 1.59. The second-order valence-electron chi connectivity index (χ2n) is 3.30. The van der Waals surface area contributed by atoms with Crippen molar-refractivity contribution in [3.05, 3.63) is 24.0 Å². The predicted octanol–water partition coefficient (Wildman–Crippen LogP) is 0.780. The van der Waals surface area contributed by atoms with E-state index in [1.165, 1.54) is 0 Å². The lowest BCUT2D eigenvalue weighted by molar-refractivity contribution is 0.476. The van der Waals surface area contributed by atoms with Crippen LogP contribution in [0.25, 0.3) is 11.0 Å². The van der Waals surface area contributed by atoms with Crippen LogP contribution in [0, 0.1) is 0 Å². The van der Waals surface area contributed by atoms with Gasteiger partial charge >= 0.3 is 0 Å². The summed E-state index contributed by atoms with van der Waals surface area (Å²) in [5.41, 5.74) is 7.31. The van der Waals surface area contributed by atoms with Gasteiger partial charge in [-0.05, 0) is 18.7 Å². The molecule has 0 fully saturated rings. The van der Waals surface area contributed by atoms with Crippen molar-refractivity contribution in [3.8, 4) is 5.75 Å². The number of benzene rings is 1. The molecule has 1 aromatic heterocycles. The Labute approximate surface area is 82.0 Å². The number of phenolic OH excluding ortho intramolecular Hbond substituents is 1. The quantitative estimate of drug-likeness (QED) is 0.737. The normalized spacial score (nSPS) is 11.0. The molecule has 74 valence electrons. The van der Waals surface area contributed by atoms with Crippen LogP contribution < -0.4 is 5.73 Å². The fraction of sp³-hybridized carbons (Fsp3) is 0.300. The highest BCUT2D eigenvalue weighted by atomic mass is 16.3. The van der Waals surface area contributed by atoms with Gasteiger partial charge in [0.15, 0.2) is 0 Å². The number of fused-ring (bicyclic) bond motifs is 1. The van der Waals surface area contributed by atoms with Gasteiger partial charge in [-0.2, -0.15) is 0 Å². The summed E-state index contributed by atoms with van der Waals surface area (Å²) in [5.74, 6) is 1.20. The van der Waals surface area contributed by atoms with Crippen LogP contribution in [0.4, 0.5) is 0 Å². The lowest BCUT2D eigenvalue weighted by Crippen LogP contribution is -2.07. The van der Waals surface area contributed by atoms with Crippen LogP contribution in [0.3, 0.4) is 0 Å². The molecule has 4 nitrogen and oxygen atoms in total. The highest BCUT2D eigenvalue weighted by Crippen LogP contribution is 2.19. The zero-order valence-corrected chi connectivity index (χ0v) is 8.07. The van der Waals surface area contributed by atoms with Crippen molar-refractivity contribution in [1.29, 1.82) is 0 Å². The van der Waals surface area contributed by atoms with Gasteiger partial charge in [0.25, 0.3) is 0 Å². The summed E-state index contributed by atoms with van der Waals surface area (Å²) in [6.07, 6.45) is 0.756. The molecule has 14 heavy (non-hydrogen) atoms. The van der Waals surface area contributed by atoms with Gasteiger partial charge in [0.1, 0.15) is 11.6 Å². The van der Waals surface area contributed by atoms with E-state index >= 15 is 0 Å². The minimum Gasteiger partial charge on any atom is -0.508 e. The number of rotatable bonds is 2. The van der Waals surface area contributed by atoms with E-state index < -0.39 is 0 Å². The number of aryl methyl sites for hydroxylation is 1. The molecule has 0 aliphatic heterocycles. The van der Waals surface area contributed by atoms with Gasteiger partial charge in [-0.15, -0.1) is 0 Å². The summed E-state index contributed by atoms with van der Waals surface area (Å²) >= 11 is 0. The second-order valence-corrected chi connectivity index (χ2v) is 3.30. The molecule has 0 aliphatic rings. The average Bonchev–Trinajstić information content (AvgIpc) is 2.44. The molecule has 4 heteroatoms. The molecule has 0 bridgehead atoms. The zero-order chi connectivity index (χ0) is 10.1. The summed E-state index contributed by atoms with van der Waals surface area (Å²) < 4.78 is 2.00. The van der Waals surface area contributed by atoms with Crippen molar-refractivity contribution in [2.75, 3.05) is 6.54 Å². The number of nitrogens with zero attached hydrogens (tertiary/aromatic N) is 2. The Bertz CT molecular complexity index is 462. The van der Waals surface area contributed by atoms with Crippen molar-refractivity contribution in [2.45, 2.75) is 6.42 Å². The second kappa shape index (κ2) is 3.31. The summed E-state index contributed by atoms with van der Waals surface area (Å²) in [6, 6.07) is 5.18. The van der Waals surface area contributed by atoms with Crippen LogP contribution in [-0.2, 0) is 13.5 Å².